The van der Waals surface area contributed by atoms with Gasteiger partial charge in [0.25, 0.3) is 11.8 Å². The third kappa shape index (κ3) is 4.20. The van der Waals surface area contributed by atoms with Crippen LogP contribution in [0.3, 0.4) is 0 Å². The minimum atomic E-state index is -3.72. The summed E-state index contributed by atoms with van der Waals surface area (Å²) in [5.74, 6) is -0.111. The van der Waals surface area contributed by atoms with Crippen LogP contribution in [0.4, 0.5) is 0 Å². The highest BCUT2D eigenvalue weighted by Gasteiger charge is 2.26. The second-order valence-electron chi connectivity index (χ2n) is 5.65. The third-order valence-corrected chi connectivity index (χ3v) is 4.16. The lowest BCUT2D eigenvalue weighted by Crippen LogP contribution is -2.41. The van der Waals surface area contributed by atoms with Gasteiger partial charge in [0.1, 0.15) is 5.56 Å². The fourth-order valence-corrected chi connectivity index (χ4v) is 3.02. The summed E-state index contributed by atoms with van der Waals surface area (Å²) in [6.45, 7) is 2.11. The molecule has 1 aromatic rings. The zero-order chi connectivity index (χ0) is 15.6. The molecule has 0 aliphatic heterocycles. The molecule has 1 fully saturated rings. The summed E-state index contributed by atoms with van der Waals surface area (Å²) < 4.78 is 28.6. The van der Waals surface area contributed by atoms with Crippen LogP contribution < -0.4 is 9.50 Å². The van der Waals surface area contributed by atoms with Crippen molar-refractivity contribution in [3.63, 3.8) is 0 Å². The molecule has 1 aromatic heterocycles. The van der Waals surface area contributed by atoms with E-state index in [1.54, 1.807) is 7.05 Å². The van der Waals surface area contributed by atoms with Crippen LogP contribution in [0.15, 0.2) is 6.20 Å². The van der Waals surface area contributed by atoms with Gasteiger partial charge in [-0.1, -0.05) is 19.8 Å². The lowest BCUT2D eigenvalue weighted by molar-refractivity contribution is 0.0908. The molecule has 21 heavy (non-hydrogen) atoms. The molecule has 1 N–H and O–H groups in total. The van der Waals surface area contributed by atoms with E-state index in [9.17, 15) is 13.2 Å². The summed E-state index contributed by atoms with van der Waals surface area (Å²) in [7, 11) is -2.11. The molecule has 0 saturated heterocycles. The minimum Gasteiger partial charge on any atom is -0.359 e. The number of hydrogen-bond donors (Lipinski definition) is 1. The number of hydrogen-bond acceptors (Lipinski definition) is 5. The van der Waals surface area contributed by atoms with E-state index in [0.29, 0.717) is 5.92 Å². The number of carbonyl (C=O) groups is 1. The highest BCUT2D eigenvalue weighted by atomic mass is 32.2. The quantitative estimate of drug-likeness (QED) is 0.839. The molecule has 2 atom stereocenters. The van der Waals surface area contributed by atoms with Gasteiger partial charge in [-0.3, -0.25) is 9.48 Å². The van der Waals surface area contributed by atoms with Crippen molar-refractivity contribution in [2.75, 3.05) is 6.26 Å². The van der Waals surface area contributed by atoms with Crippen molar-refractivity contribution in [3.8, 4) is 5.88 Å². The first-order valence-corrected chi connectivity index (χ1v) is 8.82. The number of carbonyl (C=O) groups excluding carboxylic acids is 1. The summed E-state index contributed by atoms with van der Waals surface area (Å²) >= 11 is 0. The maximum Gasteiger partial charge on any atom is 0.307 e. The van der Waals surface area contributed by atoms with Crippen molar-refractivity contribution < 1.29 is 17.4 Å². The number of nitrogens with one attached hydrogen (secondary N) is 1. The average Bonchev–Trinajstić information content (AvgIpc) is 2.70. The Kier molecular flexibility index (Phi) is 4.55. The number of rotatable bonds is 4. The number of nitrogens with zero attached hydrogens (tertiary/aromatic N) is 2. The molecule has 1 saturated carbocycles. The smallest absolute Gasteiger partial charge is 0.307 e. The molecule has 118 valence electrons. The fourth-order valence-electron chi connectivity index (χ4n) is 2.61. The van der Waals surface area contributed by atoms with Crippen LogP contribution >= 0.6 is 0 Å². The van der Waals surface area contributed by atoms with E-state index < -0.39 is 10.1 Å². The van der Waals surface area contributed by atoms with Crippen LogP contribution in [0.25, 0.3) is 0 Å². The van der Waals surface area contributed by atoms with Crippen LogP contribution in [0.2, 0.25) is 0 Å². The Bertz CT molecular complexity index is 623. The summed E-state index contributed by atoms with van der Waals surface area (Å²) in [6.07, 6.45) is 6.69. The molecule has 8 heteroatoms. The van der Waals surface area contributed by atoms with E-state index in [4.69, 9.17) is 4.18 Å². The highest BCUT2D eigenvalue weighted by Crippen LogP contribution is 2.25. The molecular formula is C13H21N3O4S. The van der Waals surface area contributed by atoms with Crippen molar-refractivity contribution in [1.29, 1.82) is 0 Å². The zero-order valence-electron chi connectivity index (χ0n) is 12.5. The van der Waals surface area contributed by atoms with Crippen molar-refractivity contribution in [3.05, 3.63) is 11.8 Å². The van der Waals surface area contributed by atoms with E-state index in [1.165, 1.54) is 17.3 Å². The maximum atomic E-state index is 12.3. The predicted octanol–water partition coefficient (Wildman–Crippen LogP) is 1.07. The SMILES string of the molecule is CC1CCCCC1NC(=O)c1cn(C)nc1OS(C)(=O)=O. The first-order chi connectivity index (χ1) is 9.76. The van der Waals surface area contributed by atoms with Crippen LogP contribution in [-0.4, -0.2) is 36.4 Å². The molecule has 2 rings (SSSR count). The summed E-state index contributed by atoms with van der Waals surface area (Å²) in [5.41, 5.74) is 0.140. The lowest BCUT2D eigenvalue weighted by Gasteiger charge is -2.29. The monoisotopic (exact) mass is 315 g/mol. The van der Waals surface area contributed by atoms with Crippen LogP contribution in [-0.2, 0) is 17.2 Å². The Labute approximate surface area is 124 Å². The van der Waals surface area contributed by atoms with Gasteiger partial charge in [-0.2, -0.15) is 8.42 Å². The van der Waals surface area contributed by atoms with E-state index in [1.807, 2.05) is 0 Å². The van der Waals surface area contributed by atoms with Gasteiger partial charge in [0.15, 0.2) is 0 Å². The van der Waals surface area contributed by atoms with Gasteiger partial charge < -0.3 is 9.50 Å². The van der Waals surface area contributed by atoms with E-state index in [0.717, 1.165) is 25.5 Å². The molecule has 1 heterocycles. The van der Waals surface area contributed by atoms with Gasteiger partial charge in [-0.05, 0) is 18.8 Å². The molecule has 7 nitrogen and oxygen atoms in total. The van der Waals surface area contributed by atoms with Gasteiger partial charge in [0, 0.05) is 19.3 Å². The molecule has 1 aliphatic rings. The fraction of sp³-hybridized carbons (Fsp3) is 0.692. The predicted molar refractivity (Wildman–Crippen MR) is 77.6 cm³/mol. The normalized spacial score (nSPS) is 22.8. The molecule has 1 amide bonds. The van der Waals surface area contributed by atoms with Crippen LogP contribution in [0.5, 0.6) is 5.88 Å². The Morgan fingerprint density at radius 2 is 2.10 bits per heavy atom. The Hall–Kier alpha value is -1.57. The Morgan fingerprint density at radius 3 is 2.71 bits per heavy atom. The number of amides is 1. The Balaban J connectivity index is 2.15. The van der Waals surface area contributed by atoms with Gasteiger partial charge in [0.2, 0.25) is 0 Å². The van der Waals surface area contributed by atoms with Crippen molar-refractivity contribution in [1.82, 2.24) is 15.1 Å². The highest BCUT2D eigenvalue weighted by molar-refractivity contribution is 7.86. The molecular weight excluding hydrogens is 294 g/mol. The molecule has 0 aromatic carbocycles. The summed E-state index contributed by atoms with van der Waals surface area (Å²) in [6, 6.07) is 0.109. The Morgan fingerprint density at radius 1 is 1.43 bits per heavy atom. The first-order valence-electron chi connectivity index (χ1n) is 7.00. The third-order valence-electron chi connectivity index (χ3n) is 3.70. The lowest BCUT2D eigenvalue weighted by atomic mass is 9.86. The second-order valence-corrected chi connectivity index (χ2v) is 7.23. The molecule has 1 aliphatic carbocycles. The molecule has 0 radical (unpaired) electrons. The summed E-state index contributed by atoms with van der Waals surface area (Å²) in [5, 5.41) is 6.84. The van der Waals surface area contributed by atoms with Gasteiger partial charge in [-0.25, -0.2) is 0 Å². The second kappa shape index (κ2) is 6.05. The molecule has 0 bridgehead atoms. The standard InChI is InChI=1S/C13H21N3O4S/c1-9-6-4-5-7-11(9)14-12(17)10-8-16(2)15-13(10)20-21(3,18)19/h8-9,11H,4-7H2,1-3H3,(H,14,17). The number of aromatic nitrogens is 2. The average molecular weight is 315 g/mol. The molecule has 0 spiro atoms. The van der Waals surface area contributed by atoms with Gasteiger partial charge >= 0.3 is 10.1 Å². The summed E-state index contributed by atoms with van der Waals surface area (Å²) in [4.78, 5) is 12.3. The number of aryl methyl sites for hydroxylation is 1. The van der Waals surface area contributed by atoms with Crippen molar-refractivity contribution in [2.24, 2.45) is 13.0 Å². The van der Waals surface area contributed by atoms with Crippen LogP contribution in [0.1, 0.15) is 43.0 Å². The van der Waals surface area contributed by atoms with Gasteiger partial charge in [-0.15, -0.1) is 5.10 Å². The maximum absolute atomic E-state index is 12.3. The van der Waals surface area contributed by atoms with Gasteiger partial charge in [0.05, 0.1) is 6.26 Å². The van der Waals surface area contributed by atoms with Crippen molar-refractivity contribution >= 4 is 16.0 Å². The zero-order valence-corrected chi connectivity index (χ0v) is 13.3. The topological polar surface area (TPSA) is 90.3 Å². The van der Waals surface area contributed by atoms with Crippen molar-refractivity contribution in [2.45, 2.75) is 38.6 Å². The molecule has 2 unspecified atom stereocenters. The first kappa shape index (κ1) is 15.8. The van der Waals surface area contributed by atoms with E-state index in [2.05, 4.69) is 17.3 Å². The minimum absolute atomic E-state index is 0.109. The largest absolute Gasteiger partial charge is 0.359 e. The van der Waals surface area contributed by atoms with E-state index >= 15 is 0 Å². The van der Waals surface area contributed by atoms with Crippen LogP contribution in [0, 0.1) is 5.92 Å². The van der Waals surface area contributed by atoms with E-state index in [-0.39, 0.29) is 23.4 Å².